The van der Waals surface area contributed by atoms with Gasteiger partial charge in [-0.1, -0.05) is 42.5 Å². The highest BCUT2D eigenvalue weighted by atomic mass is 79.9. The van der Waals surface area contributed by atoms with E-state index in [-0.39, 0.29) is 26.8 Å². The molecule has 1 saturated heterocycles. The van der Waals surface area contributed by atoms with E-state index < -0.39 is 46.5 Å². The van der Waals surface area contributed by atoms with Gasteiger partial charge >= 0.3 is 18.2 Å². The fourth-order valence-corrected chi connectivity index (χ4v) is 6.48. The minimum absolute atomic E-state index is 0.0914. The number of nitrogens with zero attached hydrogens (tertiary/aromatic N) is 2. The summed E-state index contributed by atoms with van der Waals surface area (Å²) in [4.78, 5) is 27.0. The second-order valence-electron chi connectivity index (χ2n) is 8.66. The van der Waals surface area contributed by atoms with E-state index in [4.69, 9.17) is 4.74 Å². The first kappa shape index (κ1) is 31.1. The number of carbonyl (C=O) groups excluding carboxylic acids is 2. The zero-order valence-corrected chi connectivity index (χ0v) is 24.7. The molecule has 1 N–H and O–H groups in total. The summed E-state index contributed by atoms with van der Waals surface area (Å²) in [7, 11) is -2.39. The van der Waals surface area contributed by atoms with Crippen LogP contribution in [0.5, 0.6) is 0 Å². The SMILES string of the molecule is CNS(=O)(=O)Cc1cc(Br)c(N(CC=C[C@H]2CCCN2C(=O)OCc2ccccc2)C(=O)C(F)(F)F)c(Br)c1. The summed E-state index contributed by atoms with van der Waals surface area (Å²) in [6.07, 6.45) is -1.44. The molecule has 0 aliphatic carbocycles. The van der Waals surface area contributed by atoms with Crippen LogP contribution < -0.4 is 9.62 Å². The van der Waals surface area contributed by atoms with Gasteiger partial charge in [0.2, 0.25) is 10.0 Å². The molecular weight excluding hydrogens is 671 g/mol. The molecule has 8 nitrogen and oxygen atoms in total. The Bertz CT molecular complexity index is 1300. The molecule has 0 unspecified atom stereocenters. The molecular formula is C25H26Br2F3N3O5S. The van der Waals surface area contributed by atoms with E-state index in [0.29, 0.717) is 24.3 Å². The van der Waals surface area contributed by atoms with Crippen molar-refractivity contribution in [3.05, 3.63) is 74.7 Å². The van der Waals surface area contributed by atoms with Crippen LogP contribution in [0.2, 0.25) is 0 Å². The van der Waals surface area contributed by atoms with Gasteiger partial charge in [-0.3, -0.25) is 9.69 Å². The molecule has 0 aromatic heterocycles. The lowest BCUT2D eigenvalue weighted by atomic mass is 10.2. The third-order valence-corrected chi connectivity index (χ3v) is 8.43. The molecule has 1 fully saturated rings. The number of sulfonamides is 1. The average molecular weight is 697 g/mol. The molecule has 1 aliphatic heterocycles. The lowest BCUT2D eigenvalue weighted by Gasteiger charge is -2.26. The van der Waals surface area contributed by atoms with Gasteiger partial charge in [0, 0.05) is 22.0 Å². The first-order chi connectivity index (χ1) is 18.3. The van der Waals surface area contributed by atoms with Crippen molar-refractivity contribution in [2.45, 2.75) is 37.4 Å². The first-order valence-electron chi connectivity index (χ1n) is 11.7. The zero-order valence-electron chi connectivity index (χ0n) is 20.7. The third kappa shape index (κ3) is 8.53. The van der Waals surface area contributed by atoms with Crippen molar-refractivity contribution < 1.29 is 35.9 Å². The van der Waals surface area contributed by atoms with Gasteiger partial charge in [-0.25, -0.2) is 17.9 Å². The molecule has 0 bridgehead atoms. The molecule has 0 saturated carbocycles. The van der Waals surface area contributed by atoms with E-state index in [1.54, 1.807) is 6.08 Å². The topological polar surface area (TPSA) is 96.0 Å². The van der Waals surface area contributed by atoms with E-state index in [2.05, 4.69) is 36.6 Å². The summed E-state index contributed by atoms with van der Waals surface area (Å²) in [6.45, 7) is 0.0726. The van der Waals surface area contributed by atoms with E-state index in [1.807, 2.05) is 30.3 Å². The predicted octanol–water partition coefficient (Wildman–Crippen LogP) is 5.51. The molecule has 2 aromatic rings. The van der Waals surface area contributed by atoms with Gasteiger partial charge < -0.3 is 9.64 Å². The Morgan fingerprint density at radius 2 is 1.79 bits per heavy atom. The number of halogens is 5. The summed E-state index contributed by atoms with van der Waals surface area (Å²) >= 11 is 6.37. The predicted molar refractivity (Wildman–Crippen MR) is 147 cm³/mol. The van der Waals surface area contributed by atoms with Crippen molar-refractivity contribution in [3.63, 3.8) is 0 Å². The monoisotopic (exact) mass is 695 g/mol. The van der Waals surface area contributed by atoms with Gasteiger partial charge in [0.15, 0.2) is 0 Å². The number of alkyl halides is 3. The Hall–Kier alpha value is -2.42. The van der Waals surface area contributed by atoms with Crippen LogP contribution in [-0.2, 0) is 31.9 Å². The second-order valence-corrected chi connectivity index (χ2v) is 12.3. The number of ether oxygens (including phenoxy) is 1. The van der Waals surface area contributed by atoms with Crippen molar-refractivity contribution in [1.82, 2.24) is 9.62 Å². The van der Waals surface area contributed by atoms with E-state index >= 15 is 0 Å². The van der Waals surface area contributed by atoms with Crippen LogP contribution in [0.25, 0.3) is 0 Å². The Morgan fingerprint density at radius 1 is 1.15 bits per heavy atom. The fourth-order valence-electron chi connectivity index (χ4n) is 4.02. The van der Waals surface area contributed by atoms with Gasteiger partial charge in [0.1, 0.15) is 6.61 Å². The Labute approximate surface area is 241 Å². The lowest BCUT2D eigenvalue weighted by Crippen LogP contribution is -2.42. The highest BCUT2D eigenvalue weighted by Crippen LogP contribution is 2.38. The van der Waals surface area contributed by atoms with Crippen molar-refractivity contribution in [2.24, 2.45) is 0 Å². The number of hydrogen-bond donors (Lipinski definition) is 1. The standard InChI is InChI=1S/C25H26Br2F3N3O5S/c1-31-39(36,37)16-18-13-20(26)22(21(27)14-18)33(23(34)25(28,29)30)12-6-10-19-9-5-11-32(19)24(35)38-15-17-7-3-2-4-8-17/h2-4,6-8,10,13-14,19,31H,5,9,11-12,15-16H2,1H3/t19-/m1/s1. The second kappa shape index (κ2) is 13.3. The van der Waals surface area contributed by atoms with E-state index in [0.717, 1.165) is 5.56 Å². The average Bonchev–Trinajstić information content (AvgIpc) is 3.34. The minimum Gasteiger partial charge on any atom is -0.445 e. The number of likely N-dealkylation sites (tertiary alicyclic amines) is 1. The van der Waals surface area contributed by atoms with Crippen molar-refractivity contribution in [3.8, 4) is 0 Å². The molecule has 0 radical (unpaired) electrons. The van der Waals surface area contributed by atoms with E-state index in [1.165, 1.54) is 30.2 Å². The number of carbonyl (C=O) groups is 2. The Morgan fingerprint density at radius 3 is 2.38 bits per heavy atom. The van der Waals surface area contributed by atoms with Crippen LogP contribution in [0.15, 0.2) is 63.6 Å². The van der Waals surface area contributed by atoms with Crippen LogP contribution in [0.4, 0.5) is 23.7 Å². The van der Waals surface area contributed by atoms with Crippen LogP contribution in [-0.4, -0.2) is 57.7 Å². The van der Waals surface area contributed by atoms with Crippen LogP contribution >= 0.6 is 31.9 Å². The van der Waals surface area contributed by atoms with Crippen molar-refractivity contribution in [2.75, 3.05) is 25.0 Å². The summed E-state index contributed by atoms with van der Waals surface area (Å²) in [6, 6.07) is 11.4. The highest BCUT2D eigenvalue weighted by Gasteiger charge is 2.43. The molecule has 1 heterocycles. The number of anilines is 1. The summed E-state index contributed by atoms with van der Waals surface area (Å²) in [5.41, 5.74) is 1.000. The zero-order chi connectivity index (χ0) is 28.8. The first-order valence-corrected chi connectivity index (χ1v) is 15.0. The normalized spacial score (nSPS) is 16.1. The molecule has 0 spiro atoms. The number of amides is 2. The van der Waals surface area contributed by atoms with Crippen LogP contribution in [0, 0.1) is 0 Å². The molecule has 3 rings (SSSR count). The number of nitrogens with one attached hydrogen (secondary N) is 1. The molecule has 1 aliphatic rings. The van der Waals surface area contributed by atoms with Gasteiger partial charge in [0.05, 0.1) is 17.5 Å². The molecule has 212 valence electrons. The number of hydrogen-bond acceptors (Lipinski definition) is 5. The summed E-state index contributed by atoms with van der Waals surface area (Å²) in [5, 5.41) is 0. The maximum atomic E-state index is 13.5. The van der Waals surface area contributed by atoms with Crippen LogP contribution in [0.1, 0.15) is 24.0 Å². The number of benzene rings is 2. The van der Waals surface area contributed by atoms with Crippen molar-refractivity contribution in [1.29, 1.82) is 0 Å². The van der Waals surface area contributed by atoms with Crippen LogP contribution in [0.3, 0.4) is 0 Å². The minimum atomic E-state index is -5.17. The quantitative estimate of drug-likeness (QED) is 0.349. The molecule has 2 amide bonds. The summed E-state index contributed by atoms with van der Waals surface area (Å²) in [5.74, 6) is -2.51. The highest BCUT2D eigenvalue weighted by molar-refractivity contribution is 9.11. The maximum Gasteiger partial charge on any atom is 0.471 e. The van der Waals surface area contributed by atoms with E-state index in [9.17, 15) is 31.2 Å². The molecule has 39 heavy (non-hydrogen) atoms. The number of rotatable bonds is 9. The lowest BCUT2D eigenvalue weighted by molar-refractivity contribution is -0.170. The van der Waals surface area contributed by atoms with Gasteiger partial charge in [-0.2, -0.15) is 13.2 Å². The smallest absolute Gasteiger partial charge is 0.445 e. The Kier molecular flexibility index (Phi) is 10.6. The fraction of sp³-hybridized carbons (Fsp3) is 0.360. The van der Waals surface area contributed by atoms with Crippen molar-refractivity contribution >= 4 is 59.6 Å². The van der Waals surface area contributed by atoms with Gasteiger partial charge in [0.25, 0.3) is 0 Å². The Balaban J connectivity index is 1.78. The van der Waals surface area contributed by atoms with Gasteiger partial charge in [-0.15, -0.1) is 0 Å². The molecule has 1 atom stereocenters. The maximum absolute atomic E-state index is 13.5. The van der Waals surface area contributed by atoms with Gasteiger partial charge in [-0.05, 0) is 75.0 Å². The molecule has 14 heteroatoms. The largest absolute Gasteiger partial charge is 0.471 e. The molecule has 2 aromatic carbocycles. The third-order valence-electron chi connectivity index (χ3n) is 5.89. The summed E-state index contributed by atoms with van der Waals surface area (Å²) < 4.78 is 72.1.